The summed E-state index contributed by atoms with van der Waals surface area (Å²) < 4.78 is 13.1. The molecule has 2 aromatic rings. The number of benzene rings is 1. The molecule has 1 N–H and O–H groups in total. The minimum atomic E-state index is -0.808. The first-order chi connectivity index (χ1) is 10.1. The van der Waals surface area contributed by atoms with Crippen LogP contribution in [0.4, 0.5) is 0 Å². The van der Waals surface area contributed by atoms with Gasteiger partial charge in [0.25, 0.3) is 0 Å². The molecule has 0 fully saturated rings. The van der Waals surface area contributed by atoms with Crippen molar-refractivity contribution >= 4 is 15.9 Å². The number of rotatable bonds is 6. The van der Waals surface area contributed by atoms with Crippen molar-refractivity contribution in [1.82, 2.24) is 9.78 Å². The molecule has 0 amide bonds. The summed E-state index contributed by atoms with van der Waals surface area (Å²) >= 11 is 3.45. The summed E-state index contributed by atoms with van der Waals surface area (Å²) in [6.07, 6.45) is 1.83. The molecule has 0 saturated carbocycles. The lowest BCUT2D eigenvalue weighted by Crippen LogP contribution is -2.11. The Morgan fingerprint density at radius 1 is 1.24 bits per heavy atom. The van der Waals surface area contributed by atoms with E-state index in [0.29, 0.717) is 17.1 Å². The van der Waals surface area contributed by atoms with Crippen LogP contribution in [0.3, 0.4) is 0 Å². The van der Waals surface area contributed by atoms with Gasteiger partial charge >= 0.3 is 0 Å². The van der Waals surface area contributed by atoms with E-state index in [1.165, 1.54) is 0 Å². The fourth-order valence-corrected chi connectivity index (χ4v) is 2.69. The predicted molar refractivity (Wildman–Crippen MR) is 83.8 cm³/mol. The summed E-state index contributed by atoms with van der Waals surface area (Å²) in [5, 5.41) is 15.0. The minimum Gasteiger partial charge on any atom is -0.497 e. The summed E-state index contributed by atoms with van der Waals surface area (Å²) in [6, 6.07) is 5.36. The lowest BCUT2D eigenvalue weighted by Gasteiger charge is -2.16. The van der Waals surface area contributed by atoms with Gasteiger partial charge in [0.05, 0.1) is 30.6 Å². The van der Waals surface area contributed by atoms with E-state index in [4.69, 9.17) is 9.47 Å². The second-order valence-corrected chi connectivity index (χ2v) is 5.50. The lowest BCUT2D eigenvalue weighted by molar-refractivity contribution is 0.205. The monoisotopic (exact) mass is 354 g/mol. The van der Waals surface area contributed by atoms with E-state index < -0.39 is 6.10 Å². The zero-order valence-electron chi connectivity index (χ0n) is 12.3. The molecule has 0 aliphatic heterocycles. The third kappa shape index (κ3) is 3.39. The number of halogens is 1. The standard InChI is InChI=1S/C15H19BrN2O3/c1-4-5-18-14(13(16)9-17-18)15(19)10-6-11(20-2)8-12(7-10)21-3/h6-9,15,19H,4-5H2,1-3H3. The Morgan fingerprint density at radius 3 is 2.38 bits per heavy atom. The number of aryl methyl sites for hydroxylation is 1. The first-order valence-corrected chi connectivity index (χ1v) is 7.52. The van der Waals surface area contributed by atoms with Crippen LogP contribution in [0.15, 0.2) is 28.9 Å². The molecular formula is C15H19BrN2O3. The first kappa shape index (κ1) is 15.9. The maximum Gasteiger partial charge on any atom is 0.122 e. The molecule has 1 atom stereocenters. The third-order valence-electron chi connectivity index (χ3n) is 3.22. The lowest BCUT2D eigenvalue weighted by atomic mass is 10.1. The van der Waals surface area contributed by atoms with Crippen LogP contribution in [0.2, 0.25) is 0 Å². The summed E-state index contributed by atoms with van der Waals surface area (Å²) in [7, 11) is 3.17. The average molecular weight is 355 g/mol. The second-order valence-electron chi connectivity index (χ2n) is 4.65. The Kier molecular flexibility index (Phi) is 5.25. The normalized spacial score (nSPS) is 12.2. The predicted octanol–water partition coefficient (Wildman–Crippen LogP) is 3.15. The molecule has 114 valence electrons. The van der Waals surface area contributed by atoms with Crippen LogP contribution < -0.4 is 9.47 Å². The molecule has 2 rings (SSSR count). The molecule has 0 aliphatic rings. The van der Waals surface area contributed by atoms with Crippen LogP contribution in [0.5, 0.6) is 11.5 Å². The van der Waals surface area contributed by atoms with Crippen LogP contribution in [0, 0.1) is 0 Å². The quantitative estimate of drug-likeness (QED) is 0.865. The topological polar surface area (TPSA) is 56.5 Å². The Labute approximate surface area is 132 Å². The van der Waals surface area contributed by atoms with Crippen molar-refractivity contribution in [2.45, 2.75) is 26.0 Å². The molecule has 21 heavy (non-hydrogen) atoms. The van der Waals surface area contributed by atoms with Gasteiger partial charge in [-0.25, -0.2) is 0 Å². The third-order valence-corrected chi connectivity index (χ3v) is 3.83. The smallest absolute Gasteiger partial charge is 0.122 e. The number of aliphatic hydroxyl groups is 1. The summed E-state index contributed by atoms with van der Waals surface area (Å²) in [6.45, 7) is 2.82. The number of aliphatic hydroxyl groups excluding tert-OH is 1. The summed E-state index contributed by atoms with van der Waals surface area (Å²) in [5.41, 5.74) is 1.43. The van der Waals surface area contributed by atoms with E-state index in [1.807, 2.05) is 0 Å². The van der Waals surface area contributed by atoms with Crippen LogP contribution in [-0.4, -0.2) is 29.1 Å². The van der Waals surface area contributed by atoms with Crippen LogP contribution in [0.25, 0.3) is 0 Å². The molecule has 5 nitrogen and oxygen atoms in total. The van der Waals surface area contributed by atoms with Crippen molar-refractivity contribution in [2.75, 3.05) is 14.2 Å². The Hall–Kier alpha value is -1.53. The molecule has 1 aromatic carbocycles. The van der Waals surface area contributed by atoms with Gasteiger partial charge in [-0.1, -0.05) is 6.92 Å². The molecular weight excluding hydrogens is 336 g/mol. The van der Waals surface area contributed by atoms with Gasteiger partial charge in [-0.05, 0) is 40.0 Å². The summed E-state index contributed by atoms with van der Waals surface area (Å²) in [5.74, 6) is 1.28. The minimum absolute atomic E-state index is 0.640. The van der Waals surface area contributed by atoms with E-state index in [9.17, 15) is 5.11 Å². The maximum atomic E-state index is 10.7. The zero-order valence-corrected chi connectivity index (χ0v) is 13.9. The van der Waals surface area contributed by atoms with Gasteiger partial charge < -0.3 is 14.6 Å². The van der Waals surface area contributed by atoms with Crippen molar-refractivity contribution in [3.05, 3.63) is 40.1 Å². The fourth-order valence-electron chi connectivity index (χ4n) is 2.18. The van der Waals surface area contributed by atoms with Crippen molar-refractivity contribution in [3.63, 3.8) is 0 Å². The van der Waals surface area contributed by atoms with Gasteiger partial charge in [0.1, 0.15) is 17.6 Å². The van der Waals surface area contributed by atoms with Crippen molar-refractivity contribution in [1.29, 1.82) is 0 Å². The number of methoxy groups -OCH3 is 2. The largest absolute Gasteiger partial charge is 0.497 e. The number of nitrogens with zero attached hydrogens (tertiary/aromatic N) is 2. The van der Waals surface area contributed by atoms with E-state index >= 15 is 0 Å². The van der Waals surface area contributed by atoms with E-state index in [1.54, 1.807) is 43.3 Å². The Balaban J connectivity index is 2.44. The molecule has 1 heterocycles. The molecule has 0 aliphatic carbocycles. The maximum absolute atomic E-state index is 10.7. The van der Waals surface area contributed by atoms with Crippen LogP contribution >= 0.6 is 15.9 Å². The molecule has 1 unspecified atom stereocenters. The van der Waals surface area contributed by atoms with Crippen LogP contribution in [-0.2, 0) is 6.54 Å². The van der Waals surface area contributed by atoms with Gasteiger partial charge in [0, 0.05) is 12.6 Å². The van der Waals surface area contributed by atoms with Gasteiger partial charge in [-0.2, -0.15) is 5.10 Å². The highest BCUT2D eigenvalue weighted by Gasteiger charge is 2.20. The second kappa shape index (κ2) is 6.95. The average Bonchev–Trinajstić information content (AvgIpc) is 2.87. The van der Waals surface area contributed by atoms with Gasteiger partial charge in [0.2, 0.25) is 0 Å². The number of aromatic nitrogens is 2. The highest BCUT2D eigenvalue weighted by Crippen LogP contribution is 2.33. The van der Waals surface area contributed by atoms with Gasteiger partial charge in [-0.3, -0.25) is 4.68 Å². The zero-order chi connectivity index (χ0) is 15.4. The fraction of sp³-hybridized carbons (Fsp3) is 0.400. The molecule has 0 spiro atoms. The highest BCUT2D eigenvalue weighted by molar-refractivity contribution is 9.10. The van der Waals surface area contributed by atoms with E-state index in [-0.39, 0.29) is 0 Å². The number of ether oxygens (including phenoxy) is 2. The molecule has 0 radical (unpaired) electrons. The number of hydrogen-bond donors (Lipinski definition) is 1. The SMILES string of the molecule is CCCn1ncc(Br)c1C(O)c1cc(OC)cc(OC)c1. The van der Waals surface area contributed by atoms with E-state index in [0.717, 1.165) is 23.1 Å². The van der Waals surface area contributed by atoms with Crippen molar-refractivity contribution in [2.24, 2.45) is 0 Å². The number of hydrogen-bond acceptors (Lipinski definition) is 4. The van der Waals surface area contributed by atoms with Crippen molar-refractivity contribution < 1.29 is 14.6 Å². The van der Waals surface area contributed by atoms with Crippen LogP contribution in [0.1, 0.15) is 30.7 Å². The Bertz CT molecular complexity index is 591. The molecule has 6 heteroatoms. The molecule has 0 bridgehead atoms. The van der Waals surface area contributed by atoms with E-state index in [2.05, 4.69) is 28.0 Å². The summed E-state index contributed by atoms with van der Waals surface area (Å²) in [4.78, 5) is 0. The van der Waals surface area contributed by atoms with Crippen molar-refractivity contribution in [3.8, 4) is 11.5 Å². The Morgan fingerprint density at radius 2 is 1.86 bits per heavy atom. The van der Waals surface area contributed by atoms with Gasteiger partial charge in [-0.15, -0.1) is 0 Å². The van der Waals surface area contributed by atoms with Gasteiger partial charge in [0.15, 0.2) is 0 Å². The molecule has 0 saturated heterocycles. The highest BCUT2D eigenvalue weighted by atomic mass is 79.9. The molecule has 1 aromatic heterocycles. The first-order valence-electron chi connectivity index (χ1n) is 6.73.